The van der Waals surface area contributed by atoms with Crippen LogP contribution in [0.1, 0.15) is 12.5 Å². The van der Waals surface area contributed by atoms with Gasteiger partial charge in [0.2, 0.25) is 13.0 Å². The number of aliphatic hydroxyl groups is 4. The highest BCUT2D eigenvalue weighted by Crippen LogP contribution is 2.83. The molecule has 6 rings (SSSR count). The number of hydrogen-bond acceptors (Lipinski definition) is 24. The summed E-state index contributed by atoms with van der Waals surface area (Å²) in [5.74, 6) is 0.0411. The number of fused-ring (bicyclic) bond motifs is 2. The highest BCUT2D eigenvalue weighted by molar-refractivity contribution is 8.12. The second kappa shape index (κ2) is 17.6. The summed E-state index contributed by atoms with van der Waals surface area (Å²) < 4.78 is 56.2. The van der Waals surface area contributed by atoms with Crippen molar-refractivity contribution in [3.63, 3.8) is 0 Å². The third-order valence-electron chi connectivity index (χ3n) is 8.12. The quantitative estimate of drug-likeness (QED) is 0.0316. The van der Waals surface area contributed by atoms with Crippen LogP contribution < -0.4 is 11.5 Å². The zero-order valence-corrected chi connectivity index (χ0v) is 37.8. The Bertz CT molecular complexity index is 2280. The third-order valence-corrected chi connectivity index (χ3v) is 21.2. The summed E-state index contributed by atoms with van der Waals surface area (Å²) in [5, 5.41) is 43.2. The van der Waals surface area contributed by atoms with E-state index in [0.717, 1.165) is 23.5 Å². The summed E-state index contributed by atoms with van der Waals surface area (Å²) in [6, 6.07) is 0. The van der Waals surface area contributed by atoms with Gasteiger partial charge in [0, 0.05) is 0 Å². The summed E-state index contributed by atoms with van der Waals surface area (Å²) in [6.45, 7) is -9.48. The molecule has 4 unspecified atom stereocenters. The van der Waals surface area contributed by atoms with Gasteiger partial charge in [-0.1, -0.05) is 46.7 Å². The number of hydrogen-bond donors (Lipinski definition) is 10. The maximum absolute atomic E-state index is 13.3. The molecular formula is C23H32Cl2N10O16P4S4. The highest BCUT2D eigenvalue weighted by atomic mass is 35.5. The molecule has 2 aliphatic heterocycles. The smallest absolute Gasteiger partial charge is 0.382 e. The van der Waals surface area contributed by atoms with E-state index >= 15 is 0 Å². The molecule has 4 aromatic rings. The molecular weight excluding hydrogens is 995 g/mol. The standard InChI is InChI=1S/C23H32Cl2N10O16P4S4/c1-58-21-30-13(26)7-15(32-21)34(3-28-7)17-9(36)11(38)19(48-17)46-5-52(40,56)50-54(42,43)23(24,25)55(44,45)51-53(41,57)6-47-20-12(39)10(37)18(49-20)35-4-29-8-14(27)31-22(59-2)33-16(8)35/h3-4,9-12,17-20,36-39H,5-6H2,1-2H3,(H,40,56)(H,41,57)(H,42,43)(H,44,45)(H2,26,30,32)(H2,27,31,33)/t9-,10-,11+,12+,17-,18-,19+,20+,52?,53?/m1/s1. The maximum Gasteiger partial charge on any atom is 0.382 e. The Balaban J connectivity index is 1.07. The van der Waals surface area contributed by atoms with Crippen LogP contribution in [0.2, 0.25) is 0 Å². The van der Waals surface area contributed by atoms with Gasteiger partial charge in [-0.05, 0) is 36.1 Å². The van der Waals surface area contributed by atoms with Gasteiger partial charge in [-0.2, -0.15) is 0 Å². The van der Waals surface area contributed by atoms with Gasteiger partial charge in [0.25, 0.3) is 0 Å². The van der Waals surface area contributed by atoms with Crippen molar-refractivity contribution in [2.24, 2.45) is 0 Å². The number of alkyl halides is 2. The molecule has 2 aliphatic rings. The highest BCUT2D eigenvalue weighted by Gasteiger charge is 2.64. The molecule has 0 radical (unpaired) electrons. The maximum atomic E-state index is 13.3. The molecule has 0 saturated carbocycles. The van der Waals surface area contributed by atoms with E-state index in [0.29, 0.717) is 0 Å². The van der Waals surface area contributed by atoms with Crippen LogP contribution in [0.3, 0.4) is 0 Å². The van der Waals surface area contributed by atoms with E-state index < -0.39 is 94.1 Å². The topological polar surface area (TPSA) is 391 Å². The first-order valence-electron chi connectivity index (χ1n) is 15.8. The Morgan fingerprint density at radius 1 is 0.729 bits per heavy atom. The molecule has 0 aromatic carbocycles. The summed E-state index contributed by atoms with van der Waals surface area (Å²) in [5.41, 5.74) is 12.4. The van der Waals surface area contributed by atoms with Crippen molar-refractivity contribution in [1.29, 1.82) is 0 Å². The van der Waals surface area contributed by atoms with E-state index in [9.17, 15) is 49.1 Å². The number of thioether (sulfide) groups is 2. The molecule has 2 fully saturated rings. The first kappa shape index (κ1) is 47.7. The zero-order valence-electron chi connectivity index (χ0n) is 29.4. The molecule has 328 valence electrons. The molecule has 4 aromatic heterocycles. The Labute approximate surface area is 359 Å². The van der Waals surface area contributed by atoms with Gasteiger partial charge in [-0.25, -0.2) is 38.5 Å². The number of aromatic nitrogens is 8. The van der Waals surface area contributed by atoms with Crippen LogP contribution in [0.4, 0.5) is 11.6 Å². The van der Waals surface area contributed by atoms with E-state index in [1.807, 2.05) is 0 Å². The molecule has 12 N–H and O–H groups in total. The number of halogens is 2. The fourth-order valence-electron chi connectivity index (χ4n) is 5.37. The average Bonchev–Trinajstić information content (AvgIpc) is 3.90. The molecule has 0 aliphatic carbocycles. The monoisotopic (exact) mass is 1030 g/mol. The lowest BCUT2D eigenvalue weighted by Gasteiger charge is -2.32. The van der Waals surface area contributed by atoms with Gasteiger partial charge in [0.05, 0.1) is 12.7 Å². The first-order chi connectivity index (χ1) is 27.3. The summed E-state index contributed by atoms with van der Waals surface area (Å²) in [6.07, 6.45) is -10.1. The number of nitrogens with zero attached hydrogens (tertiary/aromatic N) is 8. The molecule has 12 atom stereocenters. The lowest BCUT2D eigenvalue weighted by molar-refractivity contribution is -0.166. The minimum Gasteiger partial charge on any atom is -0.385 e. The number of aliphatic hydroxyl groups excluding tert-OH is 4. The summed E-state index contributed by atoms with van der Waals surface area (Å²) in [4.78, 5) is 67.7. The number of ether oxygens (including phenoxy) is 4. The van der Waals surface area contributed by atoms with E-state index in [-0.39, 0.29) is 44.3 Å². The van der Waals surface area contributed by atoms with Crippen molar-refractivity contribution < 1.29 is 76.7 Å². The lowest BCUT2D eigenvalue weighted by Crippen LogP contribution is -2.33. The third kappa shape index (κ3) is 9.53. The van der Waals surface area contributed by atoms with Crippen molar-refractivity contribution in [2.75, 3.05) is 36.7 Å². The van der Waals surface area contributed by atoms with Crippen LogP contribution in [-0.4, -0.2) is 145 Å². The Hall–Kier alpha value is -0.820. The van der Waals surface area contributed by atoms with Gasteiger partial charge in [0.15, 0.2) is 58.3 Å². The predicted molar refractivity (Wildman–Crippen MR) is 216 cm³/mol. The number of imidazole rings is 2. The molecule has 2 saturated heterocycles. The van der Waals surface area contributed by atoms with E-state index in [1.54, 1.807) is 12.5 Å². The average molecular weight is 1030 g/mol. The minimum atomic E-state index is -6.02. The molecule has 59 heavy (non-hydrogen) atoms. The second-order valence-corrected chi connectivity index (χ2v) is 27.7. The van der Waals surface area contributed by atoms with Crippen LogP contribution in [0, 0.1) is 0 Å². The van der Waals surface area contributed by atoms with Crippen molar-refractivity contribution in [2.45, 2.75) is 63.6 Å². The largest absolute Gasteiger partial charge is 0.385 e. The van der Waals surface area contributed by atoms with Crippen LogP contribution in [0.5, 0.6) is 0 Å². The predicted octanol–water partition coefficient (Wildman–Crippen LogP) is 0.472. The number of anilines is 2. The van der Waals surface area contributed by atoms with Gasteiger partial charge in [-0.3, -0.25) is 18.3 Å². The van der Waals surface area contributed by atoms with Crippen molar-refractivity contribution in [1.82, 2.24) is 39.0 Å². The van der Waals surface area contributed by atoms with Crippen molar-refractivity contribution >= 4 is 132 Å². The van der Waals surface area contributed by atoms with Crippen LogP contribution in [0.15, 0.2) is 23.0 Å². The fourth-order valence-corrected chi connectivity index (χ4v) is 15.7. The van der Waals surface area contributed by atoms with Crippen LogP contribution >= 0.6 is 74.9 Å². The van der Waals surface area contributed by atoms with E-state index in [2.05, 4.69) is 38.5 Å². The van der Waals surface area contributed by atoms with Crippen LogP contribution in [-0.2, 0) is 60.3 Å². The van der Waals surface area contributed by atoms with Crippen molar-refractivity contribution in [3.05, 3.63) is 12.7 Å². The molecule has 26 nitrogen and oxygen atoms in total. The Morgan fingerprint density at radius 2 is 1.08 bits per heavy atom. The Kier molecular flexibility index (Phi) is 14.2. The molecule has 6 heterocycles. The number of rotatable bonds is 16. The SMILES string of the molecule is CSc1nc(N)c2ncn([C@@H]3O[C@H](OCP(O)(=S)OP(=O)(O)C(Cl)(Cl)P(=O)(O)OP(O)(=S)CO[C@H]4O[C@@H](n5cnc6c(N)nc(SC)nc65)[C@H](O)[C@@H]4O)[C@@H](O)[C@H]3O)c2n1. The second-order valence-electron chi connectivity index (χ2n) is 12.2. The summed E-state index contributed by atoms with van der Waals surface area (Å²) >= 11 is 23.8. The summed E-state index contributed by atoms with van der Waals surface area (Å²) in [7, 11) is -12.0. The van der Waals surface area contributed by atoms with Gasteiger partial charge >= 0.3 is 19.0 Å². The Morgan fingerprint density at radius 3 is 1.42 bits per heavy atom. The lowest BCUT2D eigenvalue weighted by atomic mass is 10.2. The number of nitrogens with two attached hydrogens (primary N) is 2. The molecule has 0 amide bonds. The van der Waals surface area contributed by atoms with Gasteiger partial charge < -0.3 is 70.4 Å². The van der Waals surface area contributed by atoms with Crippen LogP contribution in [0.25, 0.3) is 22.3 Å². The molecule has 0 bridgehead atoms. The van der Waals surface area contributed by atoms with E-state index in [1.165, 1.54) is 21.8 Å². The first-order valence-corrected chi connectivity index (χ1v) is 27.9. The normalized spacial score (nSPS) is 29.4. The number of nitrogen functional groups attached to an aromatic ring is 2. The fraction of sp³-hybridized carbons (Fsp3) is 0.565. The molecule has 0 spiro atoms. The van der Waals surface area contributed by atoms with Gasteiger partial charge in [0.1, 0.15) is 48.1 Å². The van der Waals surface area contributed by atoms with E-state index in [4.69, 9.17) is 77.2 Å². The van der Waals surface area contributed by atoms with Crippen molar-refractivity contribution in [3.8, 4) is 0 Å². The minimum absolute atomic E-state index is 0.0205. The van der Waals surface area contributed by atoms with Gasteiger partial charge in [-0.15, -0.1) is 0 Å². The molecule has 36 heteroatoms. The zero-order chi connectivity index (χ0) is 43.6.